The lowest BCUT2D eigenvalue weighted by molar-refractivity contribution is 0.100. The Hall–Kier alpha value is -1.47. The highest BCUT2D eigenvalue weighted by atomic mass is 32.1. The second-order valence-corrected chi connectivity index (χ2v) is 4.48. The number of nitrogens with zero attached hydrogens (tertiary/aromatic N) is 1. The first-order valence-corrected chi connectivity index (χ1v) is 5.19. The number of aryl methyl sites for hydroxylation is 1. The summed E-state index contributed by atoms with van der Waals surface area (Å²) in [5.41, 5.74) is 0. The zero-order chi connectivity index (χ0) is 11.0. The fourth-order valence-electron chi connectivity index (χ4n) is 1.03. The number of hydrogen-bond donors (Lipinski definition) is 2. The lowest BCUT2D eigenvalue weighted by Gasteiger charge is -1.91. The molecule has 0 bridgehead atoms. The molecule has 0 aliphatic rings. The van der Waals surface area contributed by atoms with Crippen molar-refractivity contribution in [1.82, 2.24) is 9.97 Å². The first-order valence-electron chi connectivity index (χ1n) is 3.97. The number of carbonyl (C=O) groups is 1. The first-order chi connectivity index (χ1) is 7.08. The van der Waals surface area contributed by atoms with Crippen molar-refractivity contribution in [2.24, 2.45) is 0 Å². The summed E-state index contributed by atoms with van der Waals surface area (Å²) in [5, 5.41) is 9.37. The third-order valence-corrected chi connectivity index (χ3v) is 2.87. The molecule has 2 rings (SSSR count). The topological polar surface area (TPSA) is 79.1 Å². The van der Waals surface area contributed by atoms with Crippen LogP contribution in [0.25, 0.3) is 0 Å². The molecule has 0 fully saturated rings. The van der Waals surface area contributed by atoms with Gasteiger partial charge in [0.1, 0.15) is 10.6 Å². The van der Waals surface area contributed by atoms with Crippen LogP contribution in [0.5, 0.6) is 5.88 Å². The minimum absolute atomic E-state index is 0.0481. The zero-order valence-corrected chi connectivity index (χ0v) is 9.24. The van der Waals surface area contributed by atoms with Crippen molar-refractivity contribution in [2.45, 2.75) is 6.92 Å². The Morgan fingerprint density at radius 1 is 1.73 bits per heavy atom. The molecule has 0 radical (unpaired) electrons. The number of hydrogen-bond acceptors (Lipinski definition) is 6. The molecular formula is C8H6N2O3S2. The number of rotatable bonds is 2. The first kappa shape index (κ1) is 10.1. The number of aromatic amines is 1. The van der Waals surface area contributed by atoms with Gasteiger partial charge in [-0.2, -0.15) is 0 Å². The van der Waals surface area contributed by atoms with Crippen molar-refractivity contribution >= 4 is 29.3 Å². The predicted molar refractivity (Wildman–Crippen MR) is 55.8 cm³/mol. The second-order valence-electron chi connectivity index (χ2n) is 2.80. The number of ketones is 1. The number of aromatic hydroxyl groups is 1. The van der Waals surface area contributed by atoms with Crippen LogP contribution in [0.3, 0.4) is 0 Å². The lowest BCUT2D eigenvalue weighted by atomic mass is 10.3. The lowest BCUT2D eigenvalue weighted by Crippen LogP contribution is -1.98. The minimum Gasteiger partial charge on any atom is -0.493 e. The van der Waals surface area contributed by atoms with E-state index in [1.54, 1.807) is 6.92 Å². The molecule has 78 valence electrons. The molecule has 0 aromatic carbocycles. The van der Waals surface area contributed by atoms with Crippen LogP contribution in [-0.4, -0.2) is 20.9 Å². The van der Waals surface area contributed by atoms with E-state index in [0.29, 0.717) is 9.71 Å². The van der Waals surface area contributed by atoms with Gasteiger partial charge in [0.05, 0.1) is 6.20 Å². The Labute approximate surface area is 93.4 Å². The number of nitrogens with one attached hydrogen (secondary N) is 1. The van der Waals surface area contributed by atoms with E-state index in [2.05, 4.69) is 9.97 Å². The normalized spacial score (nSPS) is 10.5. The molecule has 0 spiro atoms. The quantitative estimate of drug-likeness (QED) is 0.622. The third kappa shape index (κ3) is 1.83. The highest BCUT2D eigenvalue weighted by Crippen LogP contribution is 2.24. The van der Waals surface area contributed by atoms with Gasteiger partial charge in [-0.15, -0.1) is 0 Å². The van der Waals surface area contributed by atoms with Crippen molar-refractivity contribution in [3.05, 3.63) is 26.7 Å². The molecule has 0 saturated heterocycles. The van der Waals surface area contributed by atoms with Gasteiger partial charge in [0.15, 0.2) is 3.95 Å². The maximum absolute atomic E-state index is 11.7. The summed E-state index contributed by atoms with van der Waals surface area (Å²) >= 11 is 5.78. The van der Waals surface area contributed by atoms with Crippen LogP contribution >= 0.6 is 23.6 Å². The van der Waals surface area contributed by atoms with E-state index in [4.69, 9.17) is 16.6 Å². The van der Waals surface area contributed by atoms with E-state index in [-0.39, 0.29) is 16.6 Å². The van der Waals surface area contributed by atoms with E-state index >= 15 is 0 Å². The van der Waals surface area contributed by atoms with Gasteiger partial charge in [-0.25, -0.2) is 4.98 Å². The van der Waals surface area contributed by atoms with E-state index in [1.807, 2.05) is 0 Å². The Kier molecular flexibility index (Phi) is 2.41. The molecule has 2 heterocycles. The van der Waals surface area contributed by atoms with Crippen molar-refractivity contribution in [3.8, 4) is 5.88 Å². The summed E-state index contributed by atoms with van der Waals surface area (Å²) in [6.07, 6.45) is 1.44. The van der Waals surface area contributed by atoms with Crippen molar-refractivity contribution in [3.63, 3.8) is 0 Å². The molecule has 5 nitrogen and oxygen atoms in total. The highest BCUT2D eigenvalue weighted by Gasteiger charge is 2.20. The molecule has 2 N–H and O–H groups in total. The smallest absolute Gasteiger partial charge is 0.269 e. The largest absolute Gasteiger partial charge is 0.493 e. The fraction of sp³-hybridized carbons (Fsp3) is 0.125. The van der Waals surface area contributed by atoms with Crippen molar-refractivity contribution in [2.75, 3.05) is 0 Å². The molecule has 0 amide bonds. The summed E-state index contributed by atoms with van der Waals surface area (Å²) in [5.74, 6) is -0.228. The summed E-state index contributed by atoms with van der Waals surface area (Å²) in [4.78, 5) is 18.1. The molecule has 0 unspecified atom stereocenters. The summed E-state index contributed by atoms with van der Waals surface area (Å²) in [6.45, 7) is 1.68. The van der Waals surface area contributed by atoms with Crippen LogP contribution in [-0.2, 0) is 0 Å². The Balaban J connectivity index is 2.44. The van der Waals surface area contributed by atoms with E-state index < -0.39 is 5.78 Å². The number of aromatic nitrogens is 2. The Morgan fingerprint density at radius 2 is 2.47 bits per heavy atom. The summed E-state index contributed by atoms with van der Waals surface area (Å²) in [7, 11) is 0. The van der Waals surface area contributed by atoms with Gasteiger partial charge >= 0.3 is 0 Å². The van der Waals surface area contributed by atoms with Gasteiger partial charge in [0, 0.05) is 0 Å². The maximum Gasteiger partial charge on any atom is 0.269 e. The molecule has 2 aromatic rings. The van der Waals surface area contributed by atoms with E-state index in [1.165, 1.54) is 6.20 Å². The van der Waals surface area contributed by atoms with Crippen LogP contribution in [0.15, 0.2) is 10.6 Å². The predicted octanol–water partition coefficient (Wildman–Crippen LogP) is 2.04. The minimum atomic E-state index is -0.474. The number of oxazole rings is 1. The molecule has 0 saturated carbocycles. The number of thiazole rings is 1. The average molecular weight is 242 g/mol. The maximum atomic E-state index is 11.7. The molecular weight excluding hydrogens is 236 g/mol. The van der Waals surface area contributed by atoms with Crippen LogP contribution in [0.2, 0.25) is 0 Å². The number of carbonyl (C=O) groups excluding carboxylic acids is 1. The van der Waals surface area contributed by atoms with Crippen LogP contribution in [0.4, 0.5) is 0 Å². The highest BCUT2D eigenvalue weighted by molar-refractivity contribution is 7.73. The van der Waals surface area contributed by atoms with E-state index in [0.717, 1.165) is 11.3 Å². The average Bonchev–Trinajstić information content (AvgIpc) is 2.71. The fourth-order valence-corrected chi connectivity index (χ4v) is 2.04. The molecule has 2 aromatic heterocycles. The van der Waals surface area contributed by atoms with Gasteiger partial charge in [-0.3, -0.25) is 4.79 Å². The molecule has 15 heavy (non-hydrogen) atoms. The van der Waals surface area contributed by atoms with Gasteiger partial charge in [0.25, 0.3) is 11.7 Å². The summed E-state index contributed by atoms with van der Waals surface area (Å²) in [6, 6.07) is 0. The Morgan fingerprint density at radius 3 is 2.93 bits per heavy atom. The van der Waals surface area contributed by atoms with Crippen molar-refractivity contribution in [1.29, 1.82) is 0 Å². The Bertz CT molecular complexity index is 566. The monoisotopic (exact) mass is 242 g/mol. The van der Waals surface area contributed by atoms with Gasteiger partial charge in [-0.05, 0) is 19.1 Å². The van der Waals surface area contributed by atoms with Crippen molar-refractivity contribution < 1.29 is 14.3 Å². The van der Waals surface area contributed by atoms with Crippen LogP contribution in [0, 0.1) is 10.9 Å². The van der Waals surface area contributed by atoms with E-state index in [9.17, 15) is 9.90 Å². The third-order valence-electron chi connectivity index (χ3n) is 1.65. The molecule has 0 atom stereocenters. The molecule has 0 aliphatic carbocycles. The second kappa shape index (κ2) is 3.59. The molecule has 0 aliphatic heterocycles. The van der Waals surface area contributed by atoms with Gasteiger partial charge in [-0.1, -0.05) is 11.3 Å². The van der Waals surface area contributed by atoms with Crippen LogP contribution in [0.1, 0.15) is 21.3 Å². The standard InChI is InChI=1S/C8H6N2O3S2/c1-3-2-9-7(13-3)4(11)5-6(12)10-8(14)15-5/h2,12H,1H3,(H,10,14). The van der Waals surface area contributed by atoms with Crippen LogP contribution < -0.4 is 0 Å². The SMILES string of the molecule is Cc1cnc(C(=O)c2sc(=S)[nH]c2O)o1. The molecule has 7 heteroatoms. The zero-order valence-electron chi connectivity index (χ0n) is 7.60. The number of H-pyrrole nitrogens is 1. The van der Waals surface area contributed by atoms with Gasteiger partial charge in [0.2, 0.25) is 5.88 Å². The summed E-state index contributed by atoms with van der Waals surface area (Å²) < 4.78 is 5.38. The van der Waals surface area contributed by atoms with Gasteiger partial charge < -0.3 is 14.5 Å².